The van der Waals surface area contributed by atoms with Gasteiger partial charge in [0, 0.05) is 18.0 Å². The van der Waals surface area contributed by atoms with Gasteiger partial charge in [-0.3, -0.25) is 4.79 Å². The molecular weight excluding hydrogens is 322 g/mol. The molecule has 2 aromatic rings. The summed E-state index contributed by atoms with van der Waals surface area (Å²) in [5.41, 5.74) is 1.14. The largest absolute Gasteiger partial charge is 0.507 e. The number of rotatable bonds is 9. The summed E-state index contributed by atoms with van der Waals surface area (Å²) in [7, 11) is 0. The maximum absolute atomic E-state index is 11.9. The Hall–Kier alpha value is -2.34. The summed E-state index contributed by atoms with van der Waals surface area (Å²) >= 11 is 0. The number of nitrogens with one attached hydrogen (secondary N) is 1. The van der Waals surface area contributed by atoms with Gasteiger partial charge in [0.2, 0.25) is 0 Å². The highest BCUT2D eigenvalue weighted by Crippen LogP contribution is 2.29. The molecule has 0 fully saturated rings. The van der Waals surface area contributed by atoms with E-state index in [1.54, 1.807) is 12.1 Å². The van der Waals surface area contributed by atoms with Gasteiger partial charge in [0.05, 0.1) is 5.56 Å². The lowest BCUT2D eigenvalue weighted by atomic mass is 10.0. The van der Waals surface area contributed by atoms with Crippen LogP contribution in [0.3, 0.4) is 0 Å². The average molecular weight is 347 g/mol. The van der Waals surface area contributed by atoms with Crippen molar-refractivity contribution in [1.29, 1.82) is 0 Å². The Morgan fingerprint density at radius 1 is 1.28 bits per heavy atom. The lowest BCUT2D eigenvalue weighted by Gasteiger charge is -2.16. The second-order valence-corrected chi connectivity index (χ2v) is 6.19. The van der Waals surface area contributed by atoms with Crippen LogP contribution < -0.4 is 10.9 Å². The first-order valence-electron chi connectivity index (χ1n) is 8.71. The Morgan fingerprint density at radius 3 is 2.68 bits per heavy atom. The Morgan fingerprint density at radius 2 is 2.04 bits per heavy atom. The average Bonchev–Trinajstić information content (AvgIpc) is 2.56. The van der Waals surface area contributed by atoms with Crippen LogP contribution >= 0.6 is 0 Å². The molecule has 1 atom stereocenters. The van der Waals surface area contributed by atoms with E-state index in [0.717, 1.165) is 36.6 Å². The normalized spacial score (nSPS) is 12.4. The third-order valence-corrected chi connectivity index (χ3v) is 4.27. The topological polar surface area (TPSA) is 99.8 Å². The quantitative estimate of drug-likeness (QED) is 0.603. The number of aryl methyl sites for hydroxylation is 1. The number of carbonyl (C=O) groups is 1. The van der Waals surface area contributed by atoms with Crippen LogP contribution in [0.1, 0.15) is 50.7 Å². The molecule has 3 N–H and O–H groups in total. The van der Waals surface area contributed by atoms with Crippen LogP contribution in [0.5, 0.6) is 5.75 Å². The second kappa shape index (κ2) is 8.67. The van der Waals surface area contributed by atoms with E-state index in [4.69, 9.17) is 4.42 Å². The van der Waals surface area contributed by atoms with Crippen LogP contribution in [0, 0.1) is 0 Å². The number of carboxylic acids is 1. The lowest BCUT2D eigenvalue weighted by Crippen LogP contribution is -2.36. The number of aliphatic carboxylic acids is 1. The van der Waals surface area contributed by atoms with Gasteiger partial charge in [0.25, 0.3) is 0 Å². The molecule has 0 aliphatic carbocycles. The third kappa shape index (κ3) is 4.60. The highest BCUT2D eigenvalue weighted by molar-refractivity contribution is 5.85. The van der Waals surface area contributed by atoms with Crippen molar-refractivity contribution < 1.29 is 19.4 Å². The highest BCUT2D eigenvalue weighted by Gasteiger charge is 2.19. The molecule has 0 saturated carbocycles. The van der Waals surface area contributed by atoms with E-state index >= 15 is 0 Å². The zero-order valence-electron chi connectivity index (χ0n) is 14.7. The molecule has 0 radical (unpaired) electrons. The van der Waals surface area contributed by atoms with Gasteiger partial charge in [0.1, 0.15) is 17.4 Å². The summed E-state index contributed by atoms with van der Waals surface area (Å²) in [4.78, 5) is 23.2. The van der Waals surface area contributed by atoms with Gasteiger partial charge in [-0.25, -0.2) is 4.79 Å². The third-order valence-electron chi connectivity index (χ3n) is 4.27. The Labute approximate surface area is 146 Å². The summed E-state index contributed by atoms with van der Waals surface area (Å²) in [6.07, 6.45) is 3.81. The minimum Gasteiger partial charge on any atom is -0.507 e. The zero-order chi connectivity index (χ0) is 18.4. The number of fused-ring (bicyclic) bond motifs is 1. The first-order chi connectivity index (χ1) is 12.0. The SMILES string of the molecule is CCCC[C@@H](NCc1c(O)ccc2c(CCC)cc(=O)oc12)C(=O)O. The number of benzene rings is 1. The van der Waals surface area contributed by atoms with E-state index in [9.17, 15) is 19.8 Å². The van der Waals surface area contributed by atoms with Gasteiger partial charge in [-0.2, -0.15) is 0 Å². The van der Waals surface area contributed by atoms with Crippen LogP contribution in [-0.4, -0.2) is 22.2 Å². The minimum absolute atomic E-state index is 0.0172. The first-order valence-corrected chi connectivity index (χ1v) is 8.71. The lowest BCUT2D eigenvalue weighted by molar-refractivity contribution is -0.139. The molecule has 0 spiro atoms. The maximum Gasteiger partial charge on any atom is 0.336 e. The predicted octanol–water partition coefficient (Wildman–Crippen LogP) is 3.18. The van der Waals surface area contributed by atoms with Crippen molar-refractivity contribution in [3.05, 3.63) is 39.7 Å². The minimum atomic E-state index is -0.929. The van der Waals surface area contributed by atoms with Crippen LogP contribution in [0.25, 0.3) is 11.0 Å². The summed E-state index contributed by atoms with van der Waals surface area (Å²) in [5.74, 6) is -0.947. The van der Waals surface area contributed by atoms with Gasteiger partial charge >= 0.3 is 11.6 Å². The fourth-order valence-corrected chi connectivity index (χ4v) is 2.93. The van der Waals surface area contributed by atoms with Crippen molar-refractivity contribution in [2.45, 2.75) is 58.5 Å². The number of carboxylic acid groups (broad SMARTS) is 1. The molecule has 1 heterocycles. The molecule has 1 aromatic heterocycles. The monoisotopic (exact) mass is 347 g/mol. The molecule has 0 saturated heterocycles. The van der Waals surface area contributed by atoms with E-state index in [-0.39, 0.29) is 12.3 Å². The molecule has 1 aromatic carbocycles. The van der Waals surface area contributed by atoms with Crippen molar-refractivity contribution in [1.82, 2.24) is 5.32 Å². The van der Waals surface area contributed by atoms with Crippen LogP contribution in [0.4, 0.5) is 0 Å². The van der Waals surface area contributed by atoms with E-state index < -0.39 is 17.6 Å². The summed E-state index contributed by atoms with van der Waals surface area (Å²) in [6.45, 7) is 4.14. The number of hydrogen-bond donors (Lipinski definition) is 3. The smallest absolute Gasteiger partial charge is 0.336 e. The molecule has 6 nitrogen and oxygen atoms in total. The first kappa shape index (κ1) is 19.0. The molecule has 0 aliphatic rings. The zero-order valence-corrected chi connectivity index (χ0v) is 14.7. The molecule has 25 heavy (non-hydrogen) atoms. The van der Waals surface area contributed by atoms with Gasteiger partial charge in [0.15, 0.2) is 0 Å². The molecule has 0 unspecified atom stereocenters. The fraction of sp³-hybridized carbons (Fsp3) is 0.474. The van der Waals surface area contributed by atoms with Crippen molar-refractivity contribution in [3.8, 4) is 5.75 Å². The van der Waals surface area contributed by atoms with Crippen LogP contribution in [-0.2, 0) is 17.8 Å². The summed E-state index contributed by atoms with van der Waals surface area (Å²) in [6, 6.07) is 4.05. The van der Waals surface area contributed by atoms with Crippen LogP contribution in [0.2, 0.25) is 0 Å². The van der Waals surface area contributed by atoms with Crippen LogP contribution in [0.15, 0.2) is 27.4 Å². The molecule has 0 aliphatic heterocycles. The van der Waals surface area contributed by atoms with Crippen molar-refractivity contribution in [3.63, 3.8) is 0 Å². The van der Waals surface area contributed by atoms with E-state index in [1.165, 1.54) is 6.07 Å². The van der Waals surface area contributed by atoms with Gasteiger partial charge in [-0.15, -0.1) is 0 Å². The molecule has 0 amide bonds. The number of unbranched alkanes of at least 4 members (excludes halogenated alkanes) is 1. The standard InChI is InChI=1S/C19H25NO5/c1-3-5-7-15(19(23)24)20-11-14-16(21)9-8-13-12(6-4-2)10-17(22)25-18(13)14/h8-10,15,20-21H,3-7,11H2,1-2H3,(H,23,24)/t15-/m1/s1. The Bertz CT molecular complexity index is 796. The van der Waals surface area contributed by atoms with Crippen molar-refractivity contribution in [2.24, 2.45) is 0 Å². The van der Waals surface area contributed by atoms with E-state index in [1.807, 2.05) is 13.8 Å². The summed E-state index contributed by atoms with van der Waals surface area (Å²) < 4.78 is 5.33. The Kier molecular flexibility index (Phi) is 6.58. The predicted molar refractivity (Wildman–Crippen MR) is 95.9 cm³/mol. The van der Waals surface area contributed by atoms with Gasteiger partial charge < -0.3 is 19.9 Å². The molecule has 2 rings (SSSR count). The molecule has 0 bridgehead atoms. The van der Waals surface area contributed by atoms with Crippen molar-refractivity contribution in [2.75, 3.05) is 0 Å². The highest BCUT2D eigenvalue weighted by atomic mass is 16.4. The molecule has 136 valence electrons. The number of hydrogen-bond acceptors (Lipinski definition) is 5. The fourth-order valence-electron chi connectivity index (χ4n) is 2.93. The molecule has 6 heteroatoms. The molecular formula is C19H25NO5. The van der Waals surface area contributed by atoms with E-state index in [0.29, 0.717) is 17.6 Å². The Balaban J connectivity index is 2.38. The van der Waals surface area contributed by atoms with Gasteiger partial charge in [-0.1, -0.05) is 33.1 Å². The summed E-state index contributed by atoms with van der Waals surface area (Å²) in [5, 5.41) is 23.2. The number of phenolic OH excluding ortho intramolecular Hbond substituents is 1. The second-order valence-electron chi connectivity index (χ2n) is 6.19. The van der Waals surface area contributed by atoms with E-state index in [2.05, 4.69) is 5.32 Å². The number of phenols is 1. The van der Waals surface area contributed by atoms with Gasteiger partial charge in [-0.05, 0) is 30.5 Å². The van der Waals surface area contributed by atoms with Crippen molar-refractivity contribution >= 4 is 16.9 Å². The number of aromatic hydroxyl groups is 1. The maximum atomic E-state index is 11.9.